The number of amides is 1. The van der Waals surface area contributed by atoms with Crippen molar-refractivity contribution in [3.63, 3.8) is 0 Å². The van der Waals surface area contributed by atoms with Gasteiger partial charge in [-0.25, -0.2) is 4.39 Å². The summed E-state index contributed by atoms with van der Waals surface area (Å²) in [5.41, 5.74) is 3.27. The van der Waals surface area contributed by atoms with Crippen molar-refractivity contribution < 1.29 is 26.9 Å². The standard InChI is InChI=1S/C29H29F4N7O2/c1-16-12-34-21-7-6-17(10-18(16)21)28(41)35-13-26-37-27(38-42-26)25-11-19-22(36-23-8-9-39(2)14-20(23)30)4-3-5-24(19)40(25)15-29(31,32)33/h3-7,10-12,20,23,34,36H,8-9,13-15H2,1-2H3,(H,35,41)/t20-,23+/m0/s1. The molecular formula is C29H29F4N7O2. The number of nitrogens with one attached hydrogen (secondary N) is 3. The molecule has 2 aromatic carbocycles. The highest BCUT2D eigenvalue weighted by Gasteiger charge is 2.32. The normalized spacial score (nSPS) is 18.1. The summed E-state index contributed by atoms with van der Waals surface area (Å²) in [6.45, 7) is 1.52. The zero-order valence-electron chi connectivity index (χ0n) is 22.9. The van der Waals surface area contributed by atoms with Crippen molar-refractivity contribution in [1.29, 1.82) is 0 Å². The van der Waals surface area contributed by atoms with Gasteiger partial charge in [0.25, 0.3) is 5.91 Å². The van der Waals surface area contributed by atoms with Crippen molar-refractivity contribution in [3.05, 3.63) is 65.7 Å². The van der Waals surface area contributed by atoms with E-state index in [2.05, 4.69) is 25.8 Å². The van der Waals surface area contributed by atoms with Crippen LogP contribution in [-0.4, -0.2) is 69.0 Å². The maximum absolute atomic E-state index is 14.7. The number of halogens is 4. The second kappa shape index (κ2) is 10.8. The van der Waals surface area contributed by atoms with Gasteiger partial charge in [0.2, 0.25) is 11.7 Å². The fraction of sp³-hybridized carbons (Fsp3) is 0.345. The number of nitrogens with zero attached hydrogens (tertiary/aromatic N) is 4. The van der Waals surface area contributed by atoms with Crippen molar-refractivity contribution >= 4 is 33.4 Å². The second-order valence-electron chi connectivity index (χ2n) is 10.7. The Morgan fingerprint density at radius 2 is 2.02 bits per heavy atom. The first kappa shape index (κ1) is 27.8. The minimum absolute atomic E-state index is 0.0333. The highest BCUT2D eigenvalue weighted by atomic mass is 19.4. The van der Waals surface area contributed by atoms with Crippen molar-refractivity contribution in [2.75, 3.05) is 25.5 Å². The number of hydrogen-bond acceptors (Lipinski definition) is 6. The zero-order chi connectivity index (χ0) is 29.6. The van der Waals surface area contributed by atoms with Gasteiger partial charge < -0.3 is 29.6 Å². The molecule has 2 atom stereocenters. The van der Waals surface area contributed by atoms with Crippen LogP contribution in [0.2, 0.25) is 0 Å². The molecule has 13 heteroatoms. The average molecular weight is 584 g/mol. The Hall–Kier alpha value is -4.39. The lowest BCUT2D eigenvalue weighted by atomic mass is 10.0. The van der Waals surface area contributed by atoms with Crippen LogP contribution in [0.25, 0.3) is 33.3 Å². The minimum atomic E-state index is -4.53. The maximum atomic E-state index is 14.7. The summed E-state index contributed by atoms with van der Waals surface area (Å²) in [5, 5.41) is 11.2. The molecule has 1 aliphatic heterocycles. The maximum Gasteiger partial charge on any atom is 0.406 e. The van der Waals surface area contributed by atoms with Crippen LogP contribution >= 0.6 is 0 Å². The van der Waals surface area contributed by atoms with E-state index < -0.39 is 24.9 Å². The molecule has 9 nitrogen and oxygen atoms in total. The fourth-order valence-electron chi connectivity index (χ4n) is 5.45. The van der Waals surface area contributed by atoms with Crippen LogP contribution in [0.15, 0.2) is 53.2 Å². The van der Waals surface area contributed by atoms with Gasteiger partial charge in [0, 0.05) is 46.8 Å². The topological polar surface area (TPSA) is 104 Å². The van der Waals surface area contributed by atoms with Gasteiger partial charge in [0.15, 0.2) is 0 Å². The molecule has 1 fully saturated rings. The van der Waals surface area contributed by atoms with Crippen LogP contribution in [0.1, 0.15) is 28.2 Å². The number of carbonyl (C=O) groups is 1. The van der Waals surface area contributed by atoms with Crippen LogP contribution < -0.4 is 10.6 Å². The summed E-state index contributed by atoms with van der Waals surface area (Å²) in [7, 11) is 1.85. The fourth-order valence-corrected chi connectivity index (χ4v) is 5.45. The van der Waals surface area contributed by atoms with Gasteiger partial charge in [0.1, 0.15) is 12.7 Å². The van der Waals surface area contributed by atoms with Gasteiger partial charge in [-0.2, -0.15) is 18.2 Å². The lowest BCUT2D eigenvalue weighted by molar-refractivity contribution is -0.139. The summed E-state index contributed by atoms with van der Waals surface area (Å²) >= 11 is 0. The van der Waals surface area contributed by atoms with Gasteiger partial charge in [-0.05, 0) is 62.4 Å². The Balaban J connectivity index is 1.26. The van der Waals surface area contributed by atoms with Gasteiger partial charge in [-0.3, -0.25) is 4.79 Å². The molecule has 5 aromatic rings. The van der Waals surface area contributed by atoms with Crippen LogP contribution in [-0.2, 0) is 13.1 Å². The van der Waals surface area contributed by atoms with E-state index in [9.17, 15) is 22.4 Å². The van der Waals surface area contributed by atoms with Gasteiger partial charge >= 0.3 is 6.18 Å². The number of anilines is 1. The number of fused-ring (bicyclic) bond motifs is 2. The van der Waals surface area contributed by atoms with Crippen molar-refractivity contribution in [1.82, 2.24) is 29.9 Å². The third kappa shape index (κ3) is 5.56. The Morgan fingerprint density at radius 1 is 1.19 bits per heavy atom. The number of aromatic nitrogens is 4. The summed E-state index contributed by atoms with van der Waals surface area (Å²) in [5.74, 6) is -0.386. The molecule has 3 aromatic heterocycles. The third-order valence-corrected chi connectivity index (χ3v) is 7.62. The van der Waals surface area contributed by atoms with E-state index in [4.69, 9.17) is 4.52 Å². The molecule has 1 aliphatic rings. The third-order valence-electron chi connectivity index (χ3n) is 7.62. The monoisotopic (exact) mass is 583 g/mol. The molecular weight excluding hydrogens is 554 g/mol. The molecule has 0 saturated carbocycles. The molecule has 220 valence electrons. The summed E-state index contributed by atoms with van der Waals surface area (Å²) in [6.07, 6.45) is -3.24. The SMILES string of the molecule is Cc1c[nH]c2ccc(C(=O)NCc3nc(-c4cc5c(N[C@@H]6CCN(C)C[C@@H]6F)cccc5n4CC(F)(F)F)no3)cc12. The molecule has 1 saturated heterocycles. The average Bonchev–Trinajstić information content (AvgIpc) is 3.66. The first-order valence-corrected chi connectivity index (χ1v) is 13.5. The number of piperidine rings is 1. The molecule has 0 unspecified atom stereocenters. The van der Waals surface area contributed by atoms with Crippen molar-refractivity contribution in [3.8, 4) is 11.5 Å². The van der Waals surface area contributed by atoms with E-state index >= 15 is 0 Å². The number of aromatic amines is 1. The number of alkyl halides is 4. The van der Waals surface area contributed by atoms with E-state index in [0.29, 0.717) is 35.1 Å². The lowest BCUT2D eigenvalue weighted by Crippen LogP contribution is -2.46. The number of aryl methyl sites for hydroxylation is 1. The first-order chi connectivity index (χ1) is 20.1. The number of rotatable bonds is 7. The summed E-state index contributed by atoms with van der Waals surface area (Å²) in [6, 6.07) is 11.3. The highest BCUT2D eigenvalue weighted by molar-refractivity contribution is 5.99. The van der Waals surface area contributed by atoms with E-state index in [1.807, 2.05) is 31.1 Å². The van der Waals surface area contributed by atoms with E-state index in [0.717, 1.165) is 21.0 Å². The predicted molar refractivity (Wildman–Crippen MR) is 150 cm³/mol. The molecule has 42 heavy (non-hydrogen) atoms. The first-order valence-electron chi connectivity index (χ1n) is 13.5. The molecule has 0 aliphatic carbocycles. The Bertz CT molecular complexity index is 1760. The van der Waals surface area contributed by atoms with E-state index in [-0.39, 0.29) is 36.4 Å². The number of carbonyl (C=O) groups excluding carboxylic acids is 1. The molecule has 1 amide bonds. The minimum Gasteiger partial charge on any atom is -0.379 e. The largest absolute Gasteiger partial charge is 0.406 e. The van der Waals surface area contributed by atoms with Gasteiger partial charge in [-0.1, -0.05) is 11.2 Å². The highest BCUT2D eigenvalue weighted by Crippen LogP contribution is 2.35. The van der Waals surface area contributed by atoms with E-state index in [1.165, 1.54) is 0 Å². The molecule has 0 radical (unpaired) electrons. The second-order valence-corrected chi connectivity index (χ2v) is 10.7. The predicted octanol–water partition coefficient (Wildman–Crippen LogP) is 5.43. The molecule has 0 bridgehead atoms. The zero-order valence-corrected chi connectivity index (χ0v) is 22.9. The quantitative estimate of drug-likeness (QED) is 0.221. The van der Waals surface area contributed by atoms with Crippen LogP contribution in [0.3, 0.4) is 0 Å². The Labute approximate surface area is 237 Å². The van der Waals surface area contributed by atoms with Crippen LogP contribution in [0.4, 0.5) is 23.2 Å². The summed E-state index contributed by atoms with van der Waals surface area (Å²) < 4.78 is 62.1. The van der Waals surface area contributed by atoms with E-state index in [1.54, 1.807) is 36.4 Å². The van der Waals surface area contributed by atoms with Gasteiger partial charge in [-0.15, -0.1) is 0 Å². The Morgan fingerprint density at radius 3 is 2.81 bits per heavy atom. The Kier molecular flexibility index (Phi) is 7.13. The van der Waals surface area contributed by atoms with Crippen molar-refractivity contribution in [2.45, 2.75) is 44.8 Å². The molecule has 4 heterocycles. The van der Waals surface area contributed by atoms with Crippen LogP contribution in [0, 0.1) is 6.92 Å². The number of likely N-dealkylation sites (tertiary alicyclic amines) is 1. The van der Waals surface area contributed by atoms with Gasteiger partial charge in [0.05, 0.1) is 23.8 Å². The molecule has 0 spiro atoms. The summed E-state index contributed by atoms with van der Waals surface area (Å²) in [4.78, 5) is 22.1. The molecule has 6 rings (SSSR count). The number of benzene rings is 2. The lowest BCUT2D eigenvalue weighted by Gasteiger charge is -2.33. The smallest absolute Gasteiger partial charge is 0.379 e. The molecule has 3 N–H and O–H groups in total. The van der Waals surface area contributed by atoms with Crippen molar-refractivity contribution in [2.24, 2.45) is 0 Å². The van der Waals surface area contributed by atoms with Crippen LogP contribution in [0.5, 0.6) is 0 Å². The number of hydrogen-bond donors (Lipinski definition) is 3. The number of H-pyrrole nitrogens is 1.